The van der Waals surface area contributed by atoms with E-state index in [1.54, 1.807) is 6.08 Å². The Hall–Kier alpha value is -1.09. The molecule has 0 aromatic carbocycles. The summed E-state index contributed by atoms with van der Waals surface area (Å²) < 4.78 is 1.46. The van der Waals surface area contributed by atoms with Gasteiger partial charge in [0, 0.05) is 6.07 Å². The lowest BCUT2D eigenvalue weighted by Crippen LogP contribution is -2.29. The minimum absolute atomic E-state index is 0.0197. The van der Waals surface area contributed by atoms with Gasteiger partial charge in [0.2, 0.25) is 0 Å². The Bertz CT molecular complexity index is 435. The van der Waals surface area contributed by atoms with Crippen molar-refractivity contribution in [2.75, 3.05) is 0 Å². The summed E-state index contributed by atoms with van der Waals surface area (Å²) in [5.41, 5.74) is -0.110. The summed E-state index contributed by atoms with van der Waals surface area (Å²) in [4.78, 5) is 11.7. The van der Waals surface area contributed by atoms with E-state index in [2.05, 4.69) is 11.7 Å². The van der Waals surface area contributed by atoms with Gasteiger partial charge in [0.15, 0.2) is 0 Å². The lowest BCUT2D eigenvalue weighted by atomic mass is 9.98. The monoisotopic (exact) mass is 238 g/mol. The molecule has 1 aliphatic carbocycles. The molecule has 1 heterocycles. The fourth-order valence-corrected chi connectivity index (χ4v) is 2.55. The summed E-state index contributed by atoms with van der Waals surface area (Å²) in [6.45, 7) is 3.81. The second-order valence-electron chi connectivity index (χ2n) is 4.21. The van der Waals surface area contributed by atoms with Crippen molar-refractivity contribution < 1.29 is 0 Å². The van der Waals surface area contributed by atoms with Crippen LogP contribution in [0.1, 0.15) is 31.7 Å². The first-order valence-electron chi connectivity index (χ1n) is 5.60. The SMILES string of the molecule is C=C[C@H](C1CCCC1)n1nc(Cl)ccc1=O. The zero-order chi connectivity index (χ0) is 11.5. The van der Waals surface area contributed by atoms with Crippen molar-refractivity contribution in [1.82, 2.24) is 9.78 Å². The van der Waals surface area contributed by atoms with Gasteiger partial charge in [-0.25, -0.2) is 4.68 Å². The van der Waals surface area contributed by atoms with E-state index in [1.165, 1.54) is 29.7 Å². The minimum Gasteiger partial charge on any atom is -0.268 e. The maximum Gasteiger partial charge on any atom is 0.267 e. The Morgan fingerprint density at radius 3 is 2.81 bits per heavy atom. The van der Waals surface area contributed by atoms with Crippen molar-refractivity contribution >= 4 is 11.6 Å². The fourth-order valence-electron chi connectivity index (χ4n) is 2.41. The third-order valence-electron chi connectivity index (χ3n) is 3.20. The van der Waals surface area contributed by atoms with Crippen LogP contribution < -0.4 is 5.56 Å². The molecule has 0 saturated heterocycles. The van der Waals surface area contributed by atoms with Crippen molar-refractivity contribution in [1.29, 1.82) is 0 Å². The van der Waals surface area contributed by atoms with Gasteiger partial charge >= 0.3 is 0 Å². The van der Waals surface area contributed by atoms with Crippen molar-refractivity contribution in [3.63, 3.8) is 0 Å². The minimum atomic E-state index is -0.110. The highest BCUT2D eigenvalue weighted by Gasteiger charge is 2.25. The second-order valence-corrected chi connectivity index (χ2v) is 4.60. The van der Waals surface area contributed by atoms with Crippen molar-refractivity contribution in [2.24, 2.45) is 5.92 Å². The highest BCUT2D eigenvalue weighted by molar-refractivity contribution is 6.29. The summed E-state index contributed by atoms with van der Waals surface area (Å²) in [6.07, 6.45) is 6.53. The van der Waals surface area contributed by atoms with Crippen LogP contribution in [0.4, 0.5) is 0 Å². The van der Waals surface area contributed by atoms with Gasteiger partial charge in [-0.3, -0.25) is 4.79 Å². The summed E-state index contributed by atoms with van der Waals surface area (Å²) in [5.74, 6) is 0.473. The zero-order valence-electron chi connectivity index (χ0n) is 9.10. The van der Waals surface area contributed by atoms with Crippen LogP contribution in [0, 0.1) is 5.92 Å². The molecule has 0 amide bonds. The Kier molecular flexibility index (Phi) is 3.44. The Labute approximate surface area is 99.7 Å². The number of rotatable bonds is 3. The fraction of sp³-hybridized carbons (Fsp3) is 0.500. The highest BCUT2D eigenvalue weighted by Crippen LogP contribution is 2.33. The van der Waals surface area contributed by atoms with Crippen LogP contribution in [0.5, 0.6) is 0 Å². The molecule has 1 fully saturated rings. The molecule has 0 radical (unpaired) electrons. The van der Waals surface area contributed by atoms with Crippen LogP contribution >= 0.6 is 11.6 Å². The molecular weight excluding hydrogens is 224 g/mol. The summed E-state index contributed by atoms with van der Waals surface area (Å²) in [6, 6.07) is 2.96. The number of aromatic nitrogens is 2. The van der Waals surface area contributed by atoms with Gasteiger partial charge in [-0.2, -0.15) is 5.10 Å². The normalized spacial score (nSPS) is 18.6. The molecule has 0 unspecified atom stereocenters. The molecular formula is C12H15ClN2O. The van der Waals surface area contributed by atoms with E-state index < -0.39 is 0 Å². The lowest BCUT2D eigenvalue weighted by molar-refractivity contribution is 0.357. The molecule has 1 aromatic rings. The van der Waals surface area contributed by atoms with E-state index in [-0.39, 0.29) is 11.6 Å². The van der Waals surface area contributed by atoms with Crippen LogP contribution in [-0.2, 0) is 0 Å². The maximum atomic E-state index is 11.7. The quantitative estimate of drug-likeness (QED) is 0.759. The van der Waals surface area contributed by atoms with Crippen LogP contribution in [0.3, 0.4) is 0 Å². The molecule has 0 spiro atoms. The van der Waals surface area contributed by atoms with Gasteiger partial charge in [0.25, 0.3) is 5.56 Å². The molecule has 16 heavy (non-hydrogen) atoms. The molecule has 1 aromatic heterocycles. The van der Waals surface area contributed by atoms with E-state index in [1.807, 2.05) is 0 Å². The topological polar surface area (TPSA) is 34.9 Å². The Morgan fingerprint density at radius 2 is 2.19 bits per heavy atom. The second kappa shape index (κ2) is 4.83. The van der Waals surface area contributed by atoms with Crippen LogP contribution in [0.2, 0.25) is 5.15 Å². The van der Waals surface area contributed by atoms with E-state index in [0.29, 0.717) is 11.1 Å². The van der Waals surface area contributed by atoms with Gasteiger partial charge in [-0.05, 0) is 24.8 Å². The van der Waals surface area contributed by atoms with Gasteiger partial charge in [-0.1, -0.05) is 30.5 Å². The number of hydrogen-bond acceptors (Lipinski definition) is 2. The van der Waals surface area contributed by atoms with Crippen molar-refractivity contribution in [2.45, 2.75) is 31.7 Å². The predicted molar refractivity (Wildman–Crippen MR) is 64.7 cm³/mol. The molecule has 1 saturated carbocycles. The molecule has 2 rings (SSSR count). The van der Waals surface area contributed by atoms with Crippen LogP contribution in [0.15, 0.2) is 29.6 Å². The smallest absolute Gasteiger partial charge is 0.267 e. The standard InChI is InChI=1S/C12H15ClN2O/c1-2-10(9-5-3-4-6-9)15-12(16)8-7-11(13)14-15/h2,7-10H,1,3-6H2/t10-/m1/s1. The molecule has 3 nitrogen and oxygen atoms in total. The van der Waals surface area contributed by atoms with Gasteiger partial charge in [0.1, 0.15) is 5.15 Å². The number of allylic oxidation sites excluding steroid dienone is 1. The molecule has 4 heteroatoms. The zero-order valence-corrected chi connectivity index (χ0v) is 9.86. The Morgan fingerprint density at radius 1 is 1.50 bits per heavy atom. The van der Waals surface area contributed by atoms with Crippen molar-refractivity contribution in [3.05, 3.63) is 40.3 Å². The summed E-state index contributed by atoms with van der Waals surface area (Å²) in [7, 11) is 0. The third kappa shape index (κ3) is 2.19. The molecule has 1 atom stereocenters. The van der Waals surface area contributed by atoms with Crippen LogP contribution in [0.25, 0.3) is 0 Å². The first-order valence-corrected chi connectivity index (χ1v) is 5.98. The van der Waals surface area contributed by atoms with E-state index >= 15 is 0 Å². The van der Waals surface area contributed by atoms with Crippen LogP contribution in [-0.4, -0.2) is 9.78 Å². The molecule has 0 bridgehead atoms. The Balaban J connectivity index is 2.35. The van der Waals surface area contributed by atoms with Gasteiger partial charge < -0.3 is 0 Å². The number of nitrogens with zero attached hydrogens (tertiary/aromatic N) is 2. The van der Waals surface area contributed by atoms with Gasteiger partial charge in [-0.15, -0.1) is 6.58 Å². The third-order valence-corrected chi connectivity index (χ3v) is 3.40. The molecule has 86 valence electrons. The predicted octanol–water partition coefficient (Wildman–Crippen LogP) is 2.81. The lowest BCUT2D eigenvalue weighted by Gasteiger charge is -2.20. The average Bonchev–Trinajstić information content (AvgIpc) is 2.78. The van der Waals surface area contributed by atoms with E-state index in [9.17, 15) is 4.79 Å². The first-order chi connectivity index (χ1) is 7.72. The largest absolute Gasteiger partial charge is 0.268 e. The number of halogens is 1. The van der Waals surface area contributed by atoms with E-state index in [4.69, 9.17) is 11.6 Å². The van der Waals surface area contributed by atoms with Crippen molar-refractivity contribution in [3.8, 4) is 0 Å². The molecule has 0 N–H and O–H groups in total. The summed E-state index contributed by atoms with van der Waals surface area (Å²) in [5, 5.41) is 4.44. The molecule has 0 aliphatic heterocycles. The van der Waals surface area contributed by atoms with Gasteiger partial charge in [0.05, 0.1) is 6.04 Å². The highest BCUT2D eigenvalue weighted by atomic mass is 35.5. The maximum absolute atomic E-state index is 11.7. The molecule has 1 aliphatic rings. The summed E-state index contributed by atoms with van der Waals surface area (Å²) >= 11 is 5.82. The van der Waals surface area contributed by atoms with E-state index in [0.717, 1.165) is 12.8 Å². The number of hydrogen-bond donors (Lipinski definition) is 0. The first kappa shape index (κ1) is 11.4. The average molecular weight is 239 g/mol.